The normalized spacial score (nSPS) is 14.0. The Hall–Kier alpha value is -3.53. The lowest BCUT2D eigenvalue weighted by molar-refractivity contribution is -0.137. The van der Waals surface area contributed by atoms with Crippen LogP contribution in [-0.4, -0.2) is 55.0 Å². The Morgan fingerprint density at radius 2 is 1.71 bits per heavy atom. The highest BCUT2D eigenvalue weighted by atomic mass is 32.1. The molecule has 10 heteroatoms. The number of carbonyl (C=O) groups excluding carboxylic acids is 2. The highest BCUT2D eigenvalue weighted by Crippen LogP contribution is 2.31. The molecule has 4 rings (SSSR count). The Morgan fingerprint density at radius 3 is 2.37 bits per heavy atom. The highest BCUT2D eigenvalue weighted by Gasteiger charge is 2.33. The van der Waals surface area contributed by atoms with Crippen LogP contribution in [0.5, 0.6) is 11.5 Å². The number of hydrogen-bond donors (Lipinski definition) is 0. The van der Waals surface area contributed by atoms with Gasteiger partial charge in [0.2, 0.25) is 5.91 Å². The van der Waals surface area contributed by atoms with E-state index in [2.05, 4.69) is 0 Å². The minimum Gasteiger partial charge on any atom is -0.493 e. The third kappa shape index (κ3) is 8.03. The molecule has 0 bridgehead atoms. The molecule has 1 saturated carbocycles. The number of amides is 2. The number of thiophene rings is 1. The van der Waals surface area contributed by atoms with Crippen LogP contribution >= 0.6 is 11.3 Å². The summed E-state index contributed by atoms with van der Waals surface area (Å²) in [6, 6.07) is 13.7. The van der Waals surface area contributed by atoms with E-state index in [1.807, 2.05) is 35.7 Å². The van der Waals surface area contributed by atoms with Crippen LogP contribution in [0.2, 0.25) is 0 Å². The first-order valence-electron chi connectivity index (χ1n) is 13.7. The third-order valence-electron chi connectivity index (χ3n) is 7.42. The average molecular weight is 589 g/mol. The van der Waals surface area contributed by atoms with Gasteiger partial charge in [-0.2, -0.15) is 13.2 Å². The van der Waals surface area contributed by atoms with Crippen LogP contribution in [0.1, 0.15) is 58.5 Å². The number of rotatable bonds is 11. The molecule has 0 atom stereocenters. The molecule has 3 aromatic rings. The van der Waals surface area contributed by atoms with Crippen LogP contribution in [0.25, 0.3) is 0 Å². The van der Waals surface area contributed by atoms with E-state index in [9.17, 15) is 22.8 Å². The van der Waals surface area contributed by atoms with Crippen molar-refractivity contribution >= 4 is 23.2 Å². The number of methoxy groups -OCH3 is 2. The van der Waals surface area contributed by atoms with Crippen molar-refractivity contribution < 1.29 is 32.2 Å². The fourth-order valence-corrected chi connectivity index (χ4v) is 5.90. The van der Waals surface area contributed by atoms with Crippen LogP contribution < -0.4 is 9.47 Å². The number of benzene rings is 2. The molecule has 1 aromatic heterocycles. The largest absolute Gasteiger partial charge is 0.493 e. The van der Waals surface area contributed by atoms with Crippen LogP contribution in [-0.2, 0) is 23.9 Å². The molecule has 1 aliphatic rings. The molecule has 2 amide bonds. The number of carbonyl (C=O) groups is 2. The van der Waals surface area contributed by atoms with Crippen molar-refractivity contribution in [2.75, 3.05) is 27.3 Å². The van der Waals surface area contributed by atoms with E-state index in [1.54, 1.807) is 19.1 Å². The van der Waals surface area contributed by atoms with Gasteiger partial charge in [-0.05, 0) is 66.6 Å². The van der Waals surface area contributed by atoms with Gasteiger partial charge >= 0.3 is 6.18 Å². The Balaban J connectivity index is 1.57. The van der Waals surface area contributed by atoms with E-state index in [4.69, 9.17) is 9.47 Å². The molecule has 0 radical (unpaired) electrons. The third-order valence-corrected chi connectivity index (χ3v) is 8.28. The van der Waals surface area contributed by atoms with Crippen LogP contribution in [0.3, 0.4) is 0 Å². The lowest BCUT2D eigenvalue weighted by atomic mass is 9.93. The zero-order valence-corrected chi connectivity index (χ0v) is 24.1. The topological polar surface area (TPSA) is 59.1 Å². The molecule has 0 saturated heterocycles. The van der Waals surface area contributed by atoms with Crippen molar-refractivity contribution in [3.63, 3.8) is 0 Å². The summed E-state index contributed by atoms with van der Waals surface area (Å²) >= 11 is 1.54. The van der Waals surface area contributed by atoms with Gasteiger partial charge in [0.1, 0.15) is 6.54 Å². The first kappa shape index (κ1) is 30.4. The van der Waals surface area contributed by atoms with Crippen LogP contribution in [0, 0.1) is 0 Å². The molecule has 1 fully saturated rings. The van der Waals surface area contributed by atoms with Crippen molar-refractivity contribution in [2.24, 2.45) is 0 Å². The molecule has 1 heterocycles. The van der Waals surface area contributed by atoms with Crippen molar-refractivity contribution in [1.82, 2.24) is 9.80 Å². The first-order valence-corrected chi connectivity index (χ1v) is 14.6. The molecule has 220 valence electrons. The lowest BCUT2D eigenvalue weighted by Gasteiger charge is -2.35. The number of hydrogen-bond acceptors (Lipinski definition) is 5. The highest BCUT2D eigenvalue weighted by molar-refractivity contribution is 7.09. The molecule has 0 unspecified atom stereocenters. The van der Waals surface area contributed by atoms with Gasteiger partial charge in [0, 0.05) is 23.0 Å². The Bertz CT molecular complexity index is 1310. The Morgan fingerprint density at radius 1 is 0.951 bits per heavy atom. The van der Waals surface area contributed by atoms with Crippen LogP contribution in [0.4, 0.5) is 13.2 Å². The van der Waals surface area contributed by atoms with Gasteiger partial charge in [-0.15, -0.1) is 11.3 Å². The van der Waals surface area contributed by atoms with Crippen molar-refractivity contribution in [1.29, 1.82) is 0 Å². The summed E-state index contributed by atoms with van der Waals surface area (Å²) in [5.41, 5.74) is 0.0108. The summed E-state index contributed by atoms with van der Waals surface area (Å²) in [4.78, 5) is 31.7. The minimum atomic E-state index is -4.57. The maximum Gasteiger partial charge on any atom is 0.416 e. The van der Waals surface area contributed by atoms with Crippen molar-refractivity contribution in [2.45, 2.75) is 57.3 Å². The molecule has 0 spiro atoms. The second kappa shape index (κ2) is 13.9. The second-order valence-electron chi connectivity index (χ2n) is 10.1. The van der Waals surface area contributed by atoms with E-state index in [0.717, 1.165) is 41.8 Å². The number of halogens is 3. The molecule has 2 aromatic carbocycles. The number of alkyl halides is 3. The van der Waals surface area contributed by atoms with E-state index >= 15 is 0 Å². The quantitative estimate of drug-likeness (QED) is 0.246. The van der Waals surface area contributed by atoms with E-state index in [1.165, 1.54) is 28.4 Å². The number of nitrogens with zero attached hydrogens (tertiary/aromatic N) is 2. The van der Waals surface area contributed by atoms with Gasteiger partial charge in [0.05, 0.1) is 26.3 Å². The van der Waals surface area contributed by atoms with E-state index in [0.29, 0.717) is 43.9 Å². The van der Waals surface area contributed by atoms with E-state index < -0.39 is 17.6 Å². The fraction of sp³-hybridized carbons (Fsp3) is 0.419. The van der Waals surface area contributed by atoms with E-state index in [-0.39, 0.29) is 24.1 Å². The average Bonchev–Trinajstić information content (AvgIpc) is 3.50. The van der Waals surface area contributed by atoms with Gasteiger partial charge in [-0.25, -0.2) is 0 Å². The molecule has 6 nitrogen and oxygen atoms in total. The smallest absolute Gasteiger partial charge is 0.416 e. The van der Waals surface area contributed by atoms with Crippen molar-refractivity contribution in [3.05, 3.63) is 81.5 Å². The summed E-state index contributed by atoms with van der Waals surface area (Å²) in [6.07, 6.45) is 0.258. The standard InChI is InChI=1S/C31H35F3N2O4S/c1-39-27-14-13-22(18-28(27)40-2)15-16-35(20-26-12-7-17-41-26)29(37)21-36(25-10-4-3-5-11-25)30(38)23-8-6-9-24(19-23)31(32,33)34/h6-9,12-14,17-19,25H,3-5,10-11,15-16,20-21H2,1-2H3. The second-order valence-corrected chi connectivity index (χ2v) is 11.2. The van der Waals surface area contributed by atoms with Crippen molar-refractivity contribution in [3.8, 4) is 11.5 Å². The summed E-state index contributed by atoms with van der Waals surface area (Å²) in [5.74, 6) is 0.410. The van der Waals surface area contributed by atoms with Gasteiger partial charge in [0.15, 0.2) is 11.5 Å². The summed E-state index contributed by atoms with van der Waals surface area (Å²) in [7, 11) is 3.13. The van der Waals surface area contributed by atoms with Gasteiger partial charge in [0.25, 0.3) is 5.91 Å². The molecule has 1 aliphatic carbocycles. The van der Waals surface area contributed by atoms with Crippen LogP contribution in [0.15, 0.2) is 60.0 Å². The molecule has 0 aliphatic heterocycles. The van der Waals surface area contributed by atoms with Gasteiger partial charge < -0.3 is 19.3 Å². The maximum atomic E-state index is 13.8. The Labute approximate surface area is 242 Å². The monoisotopic (exact) mass is 588 g/mol. The molecular formula is C31H35F3N2O4S. The predicted molar refractivity (Wildman–Crippen MR) is 152 cm³/mol. The van der Waals surface area contributed by atoms with Gasteiger partial charge in [-0.3, -0.25) is 9.59 Å². The SMILES string of the molecule is COc1ccc(CCN(Cc2cccs2)C(=O)CN(C(=O)c2cccc(C(F)(F)F)c2)C2CCCCC2)cc1OC. The summed E-state index contributed by atoms with van der Waals surface area (Å²) in [5, 5.41) is 1.94. The fourth-order valence-electron chi connectivity index (χ4n) is 5.18. The Kier molecular flexibility index (Phi) is 10.3. The molecule has 41 heavy (non-hydrogen) atoms. The first-order chi connectivity index (χ1) is 19.7. The zero-order valence-electron chi connectivity index (χ0n) is 23.3. The minimum absolute atomic E-state index is 0.0617. The number of ether oxygens (including phenoxy) is 2. The molecule has 0 N–H and O–H groups in total. The summed E-state index contributed by atoms with van der Waals surface area (Å²) in [6.45, 7) is 0.569. The van der Waals surface area contributed by atoms with Gasteiger partial charge in [-0.1, -0.05) is 37.5 Å². The molecular weight excluding hydrogens is 553 g/mol. The predicted octanol–water partition coefficient (Wildman–Crippen LogP) is 6.83. The zero-order chi connectivity index (χ0) is 29.4. The lowest BCUT2D eigenvalue weighted by Crippen LogP contribution is -2.48. The maximum absolute atomic E-state index is 13.8. The summed E-state index contributed by atoms with van der Waals surface area (Å²) < 4.78 is 50.9.